The van der Waals surface area contributed by atoms with E-state index in [1.807, 2.05) is 26.2 Å². The zero-order chi connectivity index (χ0) is 25.0. The first-order valence-electron chi connectivity index (χ1n) is 11.4. The van der Waals surface area contributed by atoms with Crippen molar-refractivity contribution >= 4 is 29.3 Å². The van der Waals surface area contributed by atoms with Gasteiger partial charge in [0.05, 0.1) is 18.2 Å². The molecule has 2 aromatic rings. The zero-order valence-electron chi connectivity index (χ0n) is 20.7. The molecule has 0 saturated heterocycles. The summed E-state index contributed by atoms with van der Waals surface area (Å²) < 4.78 is 11.9. The Morgan fingerprint density at radius 3 is 2.47 bits per heavy atom. The van der Waals surface area contributed by atoms with E-state index in [1.54, 1.807) is 13.2 Å². The Labute approximate surface area is 210 Å². The smallest absolute Gasteiger partial charge is 0.254 e. The molecule has 1 amide bonds. The van der Waals surface area contributed by atoms with Gasteiger partial charge in [-0.3, -0.25) is 9.59 Å². The van der Waals surface area contributed by atoms with E-state index >= 15 is 0 Å². The molecule has 34 heavy (non-hydrogen) atoms. The van der Waals surface area contributed by atoms with Gasteiger partial charge in [0.25, 0.3) is 11.5 Å². The number of hydrogen-bond acceptors (Lipinski definition) is 6. The quantitative estimate of drug-likeness (QED) is 0.510. The number of rotatable bonds is 8. The van der Waals surface area contributed by atoms with E-state index < -0.39 is 0 Å². The first-order valence-corrected chi connectivity index (χ1v) is 13.0. The first-order chi connectivity index (χ1) is 16.2. The van der Waals surface area contributed by atoms with Crippen molar-refractivity contribution in [2.75, 3.05) is 27.5 Å². The van der Waals surface area contributed by atoms with Crippen LogP contribution in [0.3, 0.4) is 0 Å². The summed E-state index contributed by atoms with van der Waals surface area (Å²) in [6.07, 6.45) is 5.96. The zero-order valence-corrected chi connectivity index (χ0v) is 22.3. The van der Waals surface area contributed by atoms with Crippen LogP contribution in [0.5, 0.6) is 11.5 Å². The average Bonchev–Trinajstić information content (AvgIpc) is 2.80. The van der Waals surface area contributed by atoms with Crippen LogP contribution >= 0.6 is 23.4 Å². The highest BCUT2D eigenvalue weighted by Crippen LogP contribution is 2.42. The van der Waals surface area contributed by atoms with Gasteiger partial charge in [-0.15, -0.1) is 11.8 Å². The maximum absolute atomic E-state index is 13.0. The van der Waals surface area contributed by atoms with Gasteiger partial charge in [0.15, 0.2) is 11.5 Å². The van der Waals surface area contributed by atoms with Crippen molar-refractivity contribution in [2.45, 2.75) is 63.1 Å². The van der Waals surface area contributed by atoms with Gasteiger partial charge in [-0.1, -0.05) is 11.6 Å². The Balaban J connectivity index is 1.78. The summed E-state index contributed by atoms with van der Waals surface area (Å²) in [5.74, 6) is 0.610. The minimum absolute atomic E-state index is 0.0555. The van der Waals surface area contributed by atoms with Crippen molar-refractivity contribution in [2.24, 2.45) is 0 Å². The van der Waals surface area contributed by atoms with E-state index in [2.05, 4.69) is 29.3 Å². The van der Waals surface area contributed by atoms with E-state index in [-0.39, 0.29) is 24.1 Å². The summed E-state index contributed by atoms with van der Waals surface area (Å²) in [4.78, 5) is 31.3. The number of hydrogen-bond donors (Lipinski definition) is 2. The van der Waals surface area contributed by atoms with Gasteiger partial charge in [0, 0.05) is 39.9 Å². The molecule has 2 N–H and O–H groups in total. The minimum Gasteiger partial charge on any atom is -0.493 e. The number of nitrogens with zero attached hydrogens (tertiary/aromatic N) is 1. The minimum atomic E-state index is -0.331. The fourth-order valence-electron chi connectivity index (χ4n) is 4.44. The van der Waals surface area contributed by atoms with Crippen molar-refractivity contribution in [3.8, 4) is 11.5 Å². The van der Waals surface area contributed by atoms with Crippen LogP contribution in [0.2, 0.25) is 5.02 Å². The number of ether oxygens (including phenoxy) is 2. The fourth-order valence-corrected chi connectivity index (χ4v) is 5.38. The number of methoxy groups -OCH3 is 1. The molecule has 9 heteroatoms. The third-order valence-corrected chi connectivity index (χ3v) is 7.51. The van der Waals surface area contributed by atoms with Gasteiger partial charge < -0.3 is 24.7 Å². The van der Waals surface area contributed by atoms with Crippen molar-refractivity contribution in [3.63, 3.8) is 0 Å². The number of aromatic nitrogens is 1. The van der Waals surface area contributed by atoms with Gasteiger partial charge in [0.2, 0.25) is 0 Å². The number of carbonyl (C=O) groups excluding carboxylic acids is 1. The molecule has 186 valence electrons. The maximum atomic E-state index is 13.0. The average molecular weight is 508 g/mol. The highest BCUT2D eigenvalue weighted by atomic mass is 35.5. The van der Waals surface area contributed by atoms with Crippen LogP contribution < -0.4 is 20.3 Å². The SMILES string of the molecule is COc1c(C)c(C(=O)NCc2c(SC)cc(C)[nH]c2=O)cc(Cl)c1O[C@H]1CC[C@H](N(C)C)CC1. The molecule has 1 aromatic heterocycles. The van der Waals surface area contributed by atoms with Gasteiger partial charge in [-0.05, 0) is 72.0 Å². The molecular weight excluding hydrogens is 474 g/mol. The molecule has 1 saturated carbocycles. The Bertz CT molecular complexity index is 1090. The molecule has 0 bridgehead atoms. The molecule has 0 spiro atoms. The van der Waals surface area contributed by atoms with Crippen LogP contribution in [-0.4, -0.2) is 55.4 Å². The molecule has 0 aliphatic heterocycles. The molecule has 0 atom stereocenters. The number of carbonyl (C=O) groups is 1. The summed E-state index contributed by atoms with van der Waals surface area (Å²) >= 11 is 8.05. The Morgan fingerprint density at radius 1 is 1.21 bits per heavy atom. The summed E-state index contributed by atoms with van der Waals surface area (Å²) in [7, 11) is 5.76. The van der Waals surface area contributed by atoms with Gasteiger partial charge in [-0.25, -0.2) is 0 Å². The normalized spacial score (nSPS) is 18.1. The highest BCUT2D eigenvalue weighted by molar-refractivity contribution is 7.98. The lowest BCUT2D eigenvalue weighted by Gasteiger charge is -2.33. The third-order valence-electron chi connectivity index (χ3n) is 6.42. The molecule has 3 rings (SSSR count). The summed E-state index contributed by atoms with van der Waals surface area (Å²) in [5, 5.41) is 3.19. The lowest BCUT2D eigenvalue weighted by Crippen LogP contribution is -2.35. The lowest BCUT2D eigenvalue weighted by molar-refractivity contribution is 0.0948. The summed E-state index contributed by atoms with van der Waals surface area (Å²) in [6, 6.07) is 4.08. The van der Waals surface area contributed by atoms with Crippen LogP contribution in [0.25, 0.3) is 0 Å². The Morgan fingerprint density at radius 2 is 1.88 bits per heavy atom. The highest BCUT2D eigenvalue weighted by Gasteiger charge is 2.27. The van der Waals surface area contributed by atoms with E-state index in [1.165, 1.54) is 11.8 Å². The second-order valence-corrected chi connectivity index (χ2v) is 10.2. The van der Waals surface area contributed by atoms with Crippen LogP contribution in [0.1, 0.15) is 52.9 Å². The summed E-state index contributed by atoms with van der Waals surface area (Å²) in [6.45, 7) is 3.75. The maximum Gasteiger partial charge on any atom is 0.254 e. The van der Waals surface area contributed by atoms with Crippen LogP contribution in [-0.2, 0) is 6.54 Å². The number of amides is 1. The molecule has 1 aromatic carbocycles. The van der Waals surface area contributed by atoms with Crippen LogP contribution in [0, 0.1) is 13.8 Å². The Kier molecular flexibility index (Phi) is 8.95. The van der Waals surface area contributed by atoms with Crippen molar-refractivity contribution in [1.29, 1.82) is 0 Å². The van der Waals surface area contributed by atoms with Crippen LogP contribution in [0.15, 0.2) is 21.8 Å². The van der Waals surface area contributed by atoms with Crippen molar-refractivity contribution < 1.29 is 14.3 Å². The largest absolute Gasteiger partial charge is 0.493 e. The first kappa shape index (κ1) is 26.4. The number of halogens is 1. The fraction of sp³-hybridized carbons (Fsp3) is 0.520. The topological polar surface area (TPSA) is 83.7 Å². The number of nitrogens with one attached hydrogen (secondary N) is 2. The second kappa shape index (κ2) is 11.5. The second-order valence-electron chi connectivity index (χ2n) is 8.92. The molecular formula is C25H34ClN3O4S. The van der Waals surface area contributed by atoms with Gasteiger partial charge in [0.1, 0.15) is 0 Å². The number of aromatic amines is 1. The number of aryl methyl sites for hydroxylation is 1. The molecule has 0 unspecified atom stereocenters. The monoisotopic (exact) mass is 507 g/mol. The predicted molar refractivity (Wildman–Crippen MR) is 138 cm³/mol. The van der Waals surface area contributed by atoms with Crippen LogP contribution in [0.4, 0.5) is 0 Å². The summed E-state index contributed by atoms with van der Waals surface area (Å²) in [5.41, 5.74) is 2.13. The number of pyridine rings is 1. The molecule has 1 fully saturated rings. The van der Waals surface area contributed by atoms with E-state index in [9.17, 15) is 9.59 Å². The van der Waals surface area contributed by atoms with Gasteiger partial charge in [-0.2, -0.15) is 0 Å². The standard InChI is InChI=1S/C25H34ClN3O4S/c1-14-11-21(34-6)19(25(31)28-14)13-27-24(30)18-12-20(26)23(22(32-5)15(18)2)33-17-9-7-16(8-10-17)29(3)4/h11-12,16-17H,7-10,13H2,1-6H3,(H,27,30)(H,28,31)/t16-,17-. The predicted octanol–water partition coefficient (Wildman–Crippen LogP) is 4.56. The van der Waals surface area contributed by atoms with Crippen molar-refractivity contribution in [1.82, 2.24) is 15.2 Å². The van der Waals surface area contributed by atoms with E-state index in [4.69, 9.17) is 21.1 Å². The molecule has 1 heterocycles. The molecule has 1 aliphatic rings. The number of thioether (sulfide) groups is 1. The Hall–Kier alpha value is -2.16. The molecule has 1 aliphatic carbocycles. The molecule has 0 radical (unpaired) electrons. The van der Waals surface area contributed by atoms with E-state index in [0.717, 1.165) is 36.3 Å². The number of benzene rings is 1. The van der Waals surface area contributed by atoms with E-state index in [0.29, 0.717) is 39.3 Å². The number of H-pyrrole nitrogens is 1. The lowest BCUT2D eigenvalue weighted by atomic mass is 9.92. The van der Waals surface area contributed by atoms with Crippen molar-refractivity contribution in [3.05, 3.63) is 49.9 Å². The van der Waals surface area contributed by atoms with Gasteiger partial charge >= 0.3 is 0 Å². The third kappa shape index (κ3) is 5.90. The molecule has 7 nitrogen and oxygen atoms in total.